The number of nitrogens with one attached hydrogen (secondary N) is 1. The largest absolute Gasteiger partial charge is 0.353 e. The molecule has 1 N–H and O–H groups in total. The quantitative estimate of drug-likeness (QED) is 0.709. The molecule has 2 heteroatoms. The fourth-order valence-electron chi connectivity index (χ4n) is 2.93. The molecule has 1 amide bonds. The van der Waals surface area contributed by atoms with Gasteiger partial charge >= 0.3 is 0 Å². The summed E-state index contributed by atoms with van der Waals surface area (Å²) in [5, 5.41) is 3.17. The zero-order chi connectivity index (χ0) is 9.26. The van der Waals surface area contributed by atoms with Crippen molar-refractivity contribution in [2.24, 2.45) is 11.8 Å². The Balaban J connectivity index is 1.79. The molecule has 0 aromatic carbocycles. The highest BCUT2D eigenvalue weighted by atomic mass is 16.1. The Morgan fingerprint density at radius 1 is 1.38 bits per heavy atom. The Bertz CT molecular complexity index is 202. The Hall–Kier alpha value is -0.530. The van der Waals surface area contributed by atoms with Crippen molar-refractivity contribution >= 4 is 5.91 Å². The van der Waals surface area contributed by atoms with Gasteiger partial charge in [0.25, 0.3) is 0 Å². The van der Waals surface area contributed by atoms with Gasteiger partial charge in [-0.3, -0.25) is 4.79 Å². The summed E-state index contributed by atoms with van der Waals surface area (Å²) in [7, 11) is 0. The molecule has 0 aromatic rings. The van der Waals surface area contributed by atoms with Gasteiger partial charge in [-0.15, -0.1) is 0 Å². The van der Waals surface area contributed by atoms with E-state index in [1.165, 1.54) is 25.7 Å². The minimum absolute atomic E-state index is 0.264. The van der Waals surface area contributed by atoms with Gasteiger partial charge in [0.15, 0.2) is 0 Å². The smallest absolute Gasteiger partial charge is 0.220 e. The normalized spacial score (nSPS) is 36.5. The van der Waals surface area contributed by atoms with Crippen LogP contribution in [0.4, 0.5) is 0 Å². The third-order valence-electron chi connectivity index (χ3n) is 3.56. The summed E-state index contributed by atoms with van der Waals surface area (Å²) < 4.78 is 0. The molecular formula is C11H19NO. The molecule has 3 atom stereocenters. The van der Waals surface area contributed by atoms with Crippen LogP contribution in [0.3, 0.4) is 0 Å². The molecule has 0 aliphatic heterocycles. The lowest BCUT2D eigenvalue weighted by atomic mass is 9.95. The Morgan fingerprint density at radius 3 is 2.77 bits per heavy atom. The minimum Gasteiger partial charge on any atom is -0.353 e. The first-order valence-corrected chi connectivity index (χ1v) is 5.59. The topological polar surface area (TPSA) is 29.1 Å². The Kier molecular flexibility index (Phi) is 2.56. The van der Waals surface area contributed by atoms with E-state index in [2.05, 4.69) is 12.2 Å². The van der Waals surface area contributed by atoms with E-state index in [-0.39, 0.29) is 5.91 Å². The SMILES string of the molecule is CCCC(=O)NC1CC2CCC1C2. The maximum Gasteiger partial charge on any atom is 0.220 e. The summed E-state index contributed by atoms with van der Waals surface area (Å²) in [4.78, 5) is 11.4. The lowest BCUT2D eigenvalue weighted by Gasteiger charge is -2.22. The summed E-state index contributed by atoms with van der Waals surface area (Å²) in [6.07, 6.45) is 7.05. The maximum absolute atomic E-state index is 11.4. The molecule has 13 heavy (non-hydrogen) atoms. The second kappa shape index (κ2) is 3.69. The monoisotopic (exact) mass is 181 g/mol. The highest BCUT2D eigenvalue weighted by Crippen LogP contribution is 2.44. The minimum atomic E-state index is 0.264. The molecule has 0 heterocycles. The van der Waals surface area contributed by atoms with Crippen LogP contribution in [0.15, 0.2) is 0 Å². The van der Waals surface area contributed by atoms with Crippen LogP contribution in [0.1, 0.15) is 45.4 Å². The molecular weight excluding hydrogens is 162 g/mol. The van der Waals surface area contributed by atoms with Crippen LogP contribution in [0.25, 0.3) is 0 Å². The van der Waals surface area contributed by atoms with Crippen molar-refractivity contribution in [1.29, 1.82) is 0 Å². The summed E-state index contributed by atoms with van der Waals surface area (Å²) in [6.45, 7) is 2.06. The molecule has 0 aromatic heterocycles. The van der Waals surface area contributed by atoms with Crippen molar-refractivity contribution in [3.05, 3.63) is 0 Å². The van der Waals surface area contributed by atoms with Crippen LogP contribution in [-0.2, 0) is 4.79 Å². The summed E-state index contributed by atoms with van der Waals surface area (Å²) in [5.74, 6) is 2.00. The van der Waals surface area contributed by atoms with Crippen LogP contribution >= 0.6 is 0 Å². The van der Waals surface area contributed by atoms with Gasteiger partial charge in [0.1, 0.15) is 0 Å². The van der Waals surface area contributed by atoms with Gasteiger partial charge in [-0.05, 0) is 37.5 Å². The first-order valence-electron chi connectivity index (χ1n) is 5.59. The van der Waals surface area contributed by atoms with Crippen molar-refractivity contribution in [1.82, 2.24) is 5.32 Å². The van der Waals surface area contributed by atoms with Crippen molar-refractivity contribution in [2.75, 3.05) is 0 Å². The average molecular weight is 181 g/mol. The highest BCUT2D eigenvalue weighted by Gasteiger charge is 2.39. The fraction of sp³-hybridized carbons (Fsp3) is 0.909. The second-order valence-corrected chi connectivity index (χ2v) is 4.60. The summed E-state index contributed by atoms with van der Waals surface area (Å²) in [6, 6.07) is 0.526. The molecule has 0 spiro atoms. The van der Waals surface area contributed by atoms with Gasteiger partial charge < -0.3 is 5.32 Å². The number of amides is 1. The third-order valence-corrected chi connectivity index (χ3v) is 3.56. The van der Waals surface area contributed by atoms with E-state index < -0.39 is 0 Å². The molecule has 2 saturated carbocycles. The van der Waals surface area contributed by atoms with E-state index in [0.29, 0.717) is 12.5 Å². The van der Waals surface area contributed by atoms with Gasteiger partial charge in [-0.25, -0.2) is 0 Å². The number of hydrogen-bond acceptors (Lipinski definition) is 1. The Labute approximate surface area is 80.1 Å². The third kappa shape index (κ3) is 1.87. The van der Waals surface area contributed by atoms with E-state index in [9.17, 15) is 4.79 Å². The lowest BCUT2D eigenvalue weighted by Crippen LogP contribution is -2.38. The molecule has 2 nitrogen and oxygen atoms in total. The molecule has 2 fully saturated rings. The molecule has 2 bridgehead atoms. The molecule has 2 rings (SSSR count). The highest BCUT2D eigenvalue weighted by molar-refractivity contribution is 5.76. The predicted octanol–water partition coefficient (Wildman–Crippen LogP) is 2.09. The van der Waals surface area contributed by atoms with Crippen molar-refractivity contribution in [3.63, 3.8) is 0 Å². The van der Waals surface area contributed by atoms with Crippen molar-refractivity contribution in [2.45, 2.75) is 51.5 Å². The fourth-order valence-corrected chi connectivity index (χ4v) is 2.93. The maximum atomic E-state index is 11.4. The number of rotatable bonds is 3. The average Bonchev–Trinajstić information content (AvgIpc) is 2.65. The summed E-state index contributed by atoms with van der Waals surface area (Å²) in [5.41, 5.74) is 0. The van der Waals surface area contributed by atoms with E-state index in [1.54, 1.807) is 0 Å². The lowest BCUT2D eigenvalue weighted by molar-refractivity contribution is -0.122. The Morgan fingerprint density at radius 2 is 2.23 bits per heavy atom. The number of carbonyl (C=O) groups excluding carboxylic acids is 1. The number of fused-ring (bicyclic) bond motifs is 2. The van der Waals surface area contributed by atoms with E-state index in [1.807, 2.05) is 0 Å². The van der Waals surface area contributed by atoms with E-state index >= 15 is 0 Å². The van der Waals surface area contributed by atoms with Gasteiger partial charge in [-0.2, -0.15) is 0 Å². The molecule has 74 valence electrons. The zero-order valence-corrected chi connectivity index (χ0v) is 8.38. The first-order chi connectivity index (χ1) is 6.29. The van der Waals surface area contributed by atoms with Gasteiger partial charge in [0.05, 0.1) is 0 Å². The predicted molar refractivity (Wildman–Crippen MR) is 52.3 cm³/mol. The molecule has 2 aliphatic carbocycles. The van der Waals surface area contributed by atoms with Crippen LogP contribution in [0.5, 0.6) is 0 Å². The van der Waals surface area contributed by atoms with E-state index in [0.717, 1.165) is 18.3 Å². The summed E-state index contributed by atoms with van der Waals surface area (Å²) >= 11 is 0. The van der Waals surface area contributed by atoms with Crippen molar-refractivity contribution < 1.29 is 4.79 Å². The van der Waals surface area contributed by atoms with Crippen LogP contribution < -0.4 is 5.32 Å². The first kappa shape index (κ1) is 9.04. The molecule has 2 aliphatic rings. The molecule has 0 saturated heterocycles. The standard InChI is InChI=1S/C11H19NO/c1-2-3-11(13)12-10-7-8-4-5-9(10)6-8/h8-10H,2-7H2,1H3,(H,12,13). The van der Waals surface area contributed by atoms with E-state index in [4.69, 9.17) is 0 Å². The second-order valence-electron chi connectivity index (χ2n) is 4.60. The zero-order valence-electron chi connectivity index (χ0n) is 8.38. The van der Waals surface area contributed by atoms with Crippen LogP contribution in [-0.4, -0.2) is 11.9 Å². The van der Waals surface area contributed by atoms with Crippen molar-refractivity contribution in [3.8, 4) is 0 Å². The molecule has 0 radical (unpaired) electrons. The van der Waals surface area contributed by atoms with Gasteiger partial charge in [-0.1, -0.05) is 13.3 Å². The van der Waals surface area contributed by atoms with Gasteiger partial charge in [0.2, 0.25) is 5.91 Å². The van der Waals surface area contributed by atoms with Crippen LogP contribution in [0.2, 0.25) is 0 Å². The van der Waals surface area contributed by atoms with Gasteiger partial charge in [0, 0.05) is 12.5 Å². The number of hydrogen-bond donors (Lipinski definition) is 1. The number of carbonyl (C=O) groups is 1. The molecule has 3 unspecified atom stereocenters. The van der Waals surface area contributed by atoms with Crippen LogP contribution in [0, 0.1) is 11.8 Å².